The number of carbonyl (C=O) groups is 1. The average molecular weight is 223 g/mol. The smallest absolute Gasteiger partial charge is 0.155 e. The summed E-state index contributed by atoms with van der Waals surface area (Å²) in [5, 5.41) is 0.390. The molecule has 0 fully saturated rings. The average Bonchev–Trinajstić information content (AvgIpc) is 2.56. The first-order valence-electron chi connectivity index (χ1n) is 4.76. The molecule has 4 heteroatoms. The zero-order valence-electron chi connectivity index (χ0n) is 8.57. The van der Waals surface area contributed by atoms with Gasteiger partial charge in [-0.25, -0.2) is 4.98 Å². The van der Waals surface area contributed by atoms with E-state index >= 15 is 0 Å². The van der Waals surface area contributed by atoms with Gasteiger partial charge in [-0.15, -0.1) is 0 Å². The summed E-state index contributed by atoms with van der Waals surface area (Å²) < 4.78 is 1.87. The number of hydrogen-bond donors (Lipinski definition) is 0. The van der Waals surface area contributed by atoms with Crippen LogP contribution in [0, 0.1) is 0 Å². The van der Waals surface area contributed by atoms with Crippen LogP contribution in [0.15, 0.2) is 18.3 Å². The first-order valence-corrected chi connectivity index (χ1v) is 5.14. The van der Waals surface area contributed by atoms with E-state index in [0.29, 0.717) is 16.2 Å². The maximum atomic E-state index is 10.9. The number of pyridine rings is 1. The Labute approximate surface area is 92.7 Å². The molecule has 3 nitrogen and oxygen atoms in total. The molecule has 0 N–H and O–H groups in total. The molecule has 0 aliphatic carbocycles. The molecule has 0 atom stereocenters. The van der Waals surface area contributed by atoms with Crippen LogP contribution in [0.25, 0.3) is 5.52 Å². The van der Waals surface area contributed by atoms with Crippen LogP contribution >= 0.6 is 11.6 Å². The molecule has 2 aromatic heterocycles. The normalized spacial score (nSPS) is 11.2. The van der Waals surface area contributed by atoms with E-state index in [2.05, 4.69) is 4.98 Å². The molecule has 0 saturated carbocycles. The summed E-state index contributed by atoms with van der Waals surface area (Å²) in [6.07, 6.45) is 2.67. The van der Waals surface area contributed by atoms with Crippen molar-refractivity contribution in [3.05, 3.63) is 34.9 Å². The molecule has 78 valence electrons. The van der Waals surface area contributed by atoms with Crippen molar-refractivity contribution in [3.63, 3.8) is 0 Å². The molecule has 0 amide bonds. The van der Waals surface area contributed by atoms with Crippen molar-refractivity contribution in [2.24, 2.45) is 0 Å². The largest absolute Gasteiger partial charge is 0.301 e. The molecule has 0 radical (unpaired) electrons. The van der Waals surface area contributed by atoms with E-state index in [1.807, 2.05) is 30.5 Å². The fourth-order valence-electron chi connectivity index (χ4n) is 1.64. The molecule has 2 heterocycles. The van der Waals surface area contributed by atoms with E-state index in [1.165, 1.54) is 0 Å². The minimum absolute atomic E-state index is 0.270. The summed E-state index contributed by atoms with van der Waals surface area (Å²) in [6.45, 7) is 4.08. The third kappa shape index (κ3) is 1.53. The number of carbonyl (C=O) groups excluding carboxylic acids is 1. The number of rotatable bonds is 2. The molecule has 0 aliphatic heterocycles. The molecule has 2 aromatic rings. The van der Waals surface area contributed by atoms with Gasteiger partial charge in [0.2, 0.25) is 0 Å². The van der Waals surface area contributed by atoms with E-state index in [9.17, 15) is 4.79 Å². The van der Waals surface area contributed by atoms with Crippen molar-refractivity contribution in [3.8, 4) is 0 Å². The van der Waals surface area contributed by atoms with Crippen LogP contribution in [0.1, 0.15) is 35.9 Å². The lowest BCUT2D eigenvalue weighted by Crippen LogP contribution is -1.97. The number of aromatic nitrogens is 2. The Morgan fingerprint density at radius 2 is 2.27 bits per heavy atom. The van der Waals surface area contributed by atoms with Crippen molar-refractivity contribution in [2.75, 3.05) is 0 Å². The second-order valence-electron chi connectivity index (χ2n) is 3.72. The van der Waals surface area contributed by atoms with E-state index in [-0.39, 0.29) is 5.92 Å². The van der Waals surface area contributed by atoms with Gasteiger partial charge in [0, 0.05) is 17.7 Å². The first-order chi connectivity index (χ1) is 7.15. The molecule has 0 saturated heterocycles. The molecule has 0 spiro atoms. The standard InChI is InChI=1S/C11H11ClN2O/c1-7(2)11-13-10(12)9-8(6-15)4-3-5-14(9)11/h3-7H,1-2H3. The fraction of sp³-hybridized carbons (Fsp3) is 0.273. The van der Waals surface area contributed by atoms with Gasteiger partial charge in [-0.3, -0.25) is 4.79 Å². The van der Waals surface area contributed by atoms with Gasteiger partial charge in [-0.1, -0.05) is 25.4 Å². The monoisotopic (exact) mass is 222 g/mol. The maximum absolute atomic E-state index is 10.9. The lowest BCUT2D eigenvalue weighted by Gasteiger charge is -2.03. The van der Waals surface area contributed by atoms with Gasteiger partial charge in [0.25, 0.3) is 0 Å². The van der Waals surface area contributed by atoms with Gasteiger partial charge in [-0.2, -0.15) is 0 Å². The summed E-state index contributed by atoms with van der Waals surface area (Å²) >= 11 is 6.01. The number of aldehydes is 1. The van der Waals surface area contributed by atoms with Crippen molar-refractivity contribution in [2.45, 2.75) is 19.8 Å². The van der Waals surface area contributed by atoms with Gasteiger partial charge in [0.1, 0.15) is 5.82 Å². The zero-order valence-corrected chi connectivity index (χ0v) is 9.32. The SMILES string of the molecule is CC(C)c1nc(Cl)c2c(C=O)cccn12. The Balaban J connectivity index is 2.85. The Morgan fingerprint density at radius 3 is 2.87 bits per heavy atom. The molecule has 0 unspecified atom stereocenters. The predicted octanol–water partition coefficient (Wildman–Crippen LogP) is 2.92. The molecular formula is C11H11ClN2O. The lowest BCUT2D eigenvalue weighted by atomic mass is 10.2. The summed E-state index contributed by atoms with van der Waals surface area (Å²) in [5.74, 6) is 1.14. The topological polar surface area (TPSA) is 34.4 Å². The molecule has 0 aromatic carbocycles. The van der Waals surface area contributed by atoms with Crippen LogP contribution in [-0.2, 0) is 0 Å². The molecule has 0 bridgehead atoms. The van der Waals surface area contributed by atoms with Crippen molar-refractivity contribution in [1.29, 1.82) is 0 Å². The van der Waals surface area contributed by atoms with Crippen molar-refractivity contribution in [1.82, 2.24) is 9.38 Å². The number of fused-ring (bicyclic) bond motifs is 1. The third-order valence-electron chi connectivity index (χ3n) is 2.32. The predicted molar refractivity (Wildman–Crippen MR) is 59.7 cm³/mol. The highest BCUT2D eigenvalue weighted by atomic mass is 35.5. The van der Waals surface area contributed by atoms with E-state index in [0.717, 1.165) is 12.1 Å². The van der Waals surface area contributed by atoms with Crippen LogP contribution in [0.2, 0.25) is 5.15 Å². The van der Waals surface area contributed by atoms with E-state index < -0.39 is 0 Å². The van der Waals surface area contributed by atoms with Crippen molar-refractivity contribution < 1.29 is 4.79 Å². The molecule has 15 heavy (non-hydrogen) atoms. The van der Waals surface area contributed by atoms with E-state index in [4.69, 9.17) is 11.6 Å². The Kier molecular flexibility index (Phi) is 2.49. The van der Waals surface area contributed by atoms with Gasteiger partial charge >= 0.3 is 0 Å². The molecule has 2 rings (SSSR count). The Bertz CT molecular complexity index is 517. The lowest BCUT2D eigenvalue weighted by molar-refractivity contribution is 0.112. The highest BCUT2D eigenvalue weighted by molar-refractivity contribution is 6.33. The summed E-state index contributed by atoms with van der Waals surface area (Å²) in [4.78, 5) is 15.1. The number of imidazole rings is 1. The first kappa shape index (κ1) is 10.2. The van der Waals surface area contributed by atoms with Crippen LogP contribution < -0.4 is 0 Å². The molecular weight excluding hydrogens is 212 g/mol. The second-order valence-corrected chi connectivity index (χ2v) is 4.07. The highest BCUT2D eigenvalue weighted by Gasteiger charge is 2.14. The third-order valence-corrected chi connectivity index (χ3v) is 2.59. The molecule has 0 aliphatic rings. The maximum Gasteiger partial charge on any atom is 0.155 e. The zero-order chi connectivity index (χ0) is 11.0. The second kappa shape index (κ2) is 3.66. The Hall–Kier alpha value is -1.35. The minimum Gasteiger partial charge on any atom is -0.301 e. The minimum atomic E-state index is 0.270. The number of halogens is 1. The Morgan fingerprint density at radius 1 is 1.53 bits per heavy atom. The van der Waals surface area contributed by atoms with E-state index in [1.54, 1.807) is 6.07 Å². The fourth-order valence-corrected chi connectivity index (χ4v) is 1.93. The van der Waals surface area contributed by atoms with Crippen LogP contribution in [0.4, 0.5) is 0 Å². The van der Waals surface area contributed by atoms with Gasteiger partial charge in [0.05, 0.1) is 5.52 Å². The van der Waals surface area contributed by atoms with Gasteiger partial charge in [-0.05, 0) is 12.1 Å². The summed E-state index contributed by atoms with van der Waals surface area (Å²) in [5.41, 5.74) is 1.26. The van der Waals surface area contributed by atoms with Crippen molar-refractivity contribution >= 4 is 23.4 Å². The van der Waals surface area contributed by atoms with Crippen LogP contribution in [-0.4, -0.2) is 15.7 Å². The van der Waals surface area contributed by atoms with Crippen LogP contribution in [0.5, 0.6) is 0 Å². The van der Waals surface area contributed by atoms with Gasteiger partial charge < -0.3 is 4.40 Å². The number of nitrogens with zero attached hydrogens (tertiary/aromatic N) is 2. The van der Waals surface area contributed by atoms with Gasteiger partial charge in [0.15, 0.2) is 11.4 Å². The number of hydrogen-bond acceptors (Lipinski definition) is 2. The quantitative estimate of drug-likeness (QED) is 0.733. The van der Waals surface area contributed by atoms with Crippen LogP contribution in [0.3, 0.4) is 0 Å². The summed E-state index contributed by atoms with van der Waals surface area (Å²) in [7, 11) is 0. The summed E-state index contributed by atoms with van der Waals surface area (Å²) in [6, 6.07) is 3.56. The highest BCUT2D eigenvalue weighted by Crippen LogP contribution is 2.24.